The maximum Gasteiger partial charge on any atom is 0.315 e. The fraction of sp³-hybridized carbons (Fsp3) is 0.943. The molecular weight excluding hydrogens is 973 g/mol. The molecular formula is C53H86O21. The van der Waals surface area contributed by atoms with Gasteiger partial charge in [0.05, 0.1) is 37.4 Å². The molecule has 0 aromatic heterocycles. The van der Waals surface area contributed by atoms with E-state index in [1.807, 2.05) is 0 Å². The van der Waals surface area contributed by atoms with Gasteiger partial charge in [-0.25, -0.2) is 0 Å². The molecule has 8 fully saturated rings. The van der Waals surface area contributed by atoms with Crippen molar-refractivity contribution in [2.24, 2.45) is 50.2 Å². The summed E-state index contributed by atoms with van der Waals surface area (Å²) in [6.07, 6.45) is -19.6. The van der Waals surface area contributed by atoms with Gasteiger partial charge in [0, 0.05) is 0 Å². The first kappa shape index (κ1) is 57.1. The Morgan fingerprint density at radius 2 is 1.19 bits per heavy atom. The Hall–Kier alpha value is -1.55. The number of allylic oxidation sites excluding steroid dienone is 2. The van der Waals surface area contributed by atoms with E-state index in [0.717, 1.165) is 44.9 Å². The molecule has 12 N–H and O–H groups in total. The molecule has 0 spiro atoms. The SMILES string of the molecule is C[C@@H]1O[C@@H](O[C@H]2[C@H](O[C@H]3CC[C@]4(C)[C@H]5CC=C6[C@@H]7CC(C)(C)CC[C@]7(C(=O)O[C@@H]7O[C@H](CO)[C@@H](O)[C@H](O)[C@H]7O)CC[C@@]6(C)[C@]5(C)CC[C@H]4C3(C)C)OC[C@@H](O[C@@H]3O[C@H](CO)[C@@H](O)[C@H](O)[C@H]3O)[C@@H]2O)[C@H](O)[C@H](O)[C@H]1O. The molecule has 0 radical (unpaired) electrons. The van der Waals surface area contributed by atoms with E-state index in [-0.39, 0.29) is 46.0 Å². The van der Waals surface area contributed by atoms with Gasteiger partial charge in [-0.15, -0.1) is 0 Å². The number of hydrogen-bond acceptors (Lipinski definition) is 21. The third-order valence-corrected chi connectivity index (χ3v) is 21.0. The lowest BCUT2D eigenvalue weighted by molar-refractivity contribution is -0.380. The standard InChI is InChI=1S/C53H86O21/c1-23-32(56)36(60)39(63)43(68-23)73-42-35(59)28(71-44-40(64)37(61)33(57)26(20-54)69-44)22-67-46(42)72-31-12-13-50(6)29(49(31,4)5)11-14-52(8)30(50)10-9-24-25-19-48(2,3)15-17-53(25,18-16-51(24,52)7)47(66)74-45-41(65)38(62)34(58)27(21-55)70-45/h9,23,25-46,54-65H,10-22H2,1-8H3/t23-,25-,26+,27+,28+,29-,30+,31-,32-,33+,34+,35-,36+,37-,38-,39+,40+,41+,42+,43-,44-,45-,46-,50-,51+,52+,53-/m0/s1. The number of carbonyl (C=O) groups excluding carboxylic acids is 1. The molecule has 21 heteroatoms. The van der Waals surface area contributed by atoms with Crippen molar-refractivity contribution >= 4 is 5.97 Å². The van der Waals surface area contributed by atoms with E-state index in [0.29, 0.717) is 19.3 Å². The van der Waals surface area contributed by atoms with Crippen molar-refractivity contribution in [2.45, 2.75) is 242 Å². The minimum absolute atomic E-state index is 0.0771. The van der Waals surface area contributed by atoms with Crippen LogP contribution in [0.1, 0.15) is 120 Å². The van der Waals surface area contributed by atoms with Crippen LogP contribution in [-0.4, -0.2) is 210 Å². The Morgan fingerprint density at radius 3 is 1.82 bits per heavy atom. The normalized spacial score (nSPS) is 54.1. The predicted molar refractivity (Wildman–Crippen MR) is 255 cm³/mol. The van der Waals surface area contributed by atoms with Gasteiger partial charge in [-0.05, 0) is 116 Å². The zero-order valence-electron chi connectivity index (χ0n) is 44.1. The van der Waals surface area contributed by atoms with Crippen molar-refractivity contribution in [3.8, 4) is 0 Å². The molecule has 0 aromatic carbocycles. The number of aliphatic hydroxyl groups is 12. The summed E-state index contributed by atoms with van der Waals surface area (Å²) in [5, 5.41) is 127. The van der Waals surface area contributed by atoms with E-state index in [2.05, 4.69) is 54.5 Å². The van der Waals surface area contributed by atoms with Gasteiger partial charge >= 0.3 is 5.97 Å². The smallest absolute Gasteiger partial charge is 0.315 e. The lowest BCUT2D eigenvalue weighted by Crippen LogP contribution is -2.66. The van der Waals surface area contributed by atoms with Gasteiger partial charge in [0.15, 0.2) is 18.9 Å². The zero-order chi connectivity index (χ0) is 54.0. The fourth-order valence-electron chi connectivity index (χ4n) is 16.1. The van der Waals surface area contributed by atoms with Crippen molar-refractivity contribution in [3.63, 3.8) is 0 Å². The van der Waals surface area contributed by atoms with Crippen LogP contribution >= 0.6 is 0 Å². The first-order valence-electron chi connectivity index (χ1n) is 27.1. The van der Waals surface area contributed by atoms with Crippen molar-refractivity contribution in [1.82, 2.24) is 0 Å². The Labute approximate surface area is 433 Å². The molecule has 4 aliphatic heterocycles. The van der Waals surface area contributed by atoms with Gasteiger partial charge in [-0.3, -0.25) is 4.79 Å². The molecule has 0 aromatic rings. The summed E-state index contributed by atoms with van der Waals surface area (Å²) in [5.74, 6) is -0.274. The van der Waals surface area contributed by atoms with E-state index in [1.165, 1.54) is 12.5 Å². The number of fused-ring (bicyclic) bond motifs is 7. The Bertz CT molecular complexity index is 2040. The molecule has 27 atom stereocenters. The van der Waals surface area contributed by atoms with Crippen molar-refractivity contribution in [3.05, 3.63) is 11.6 Å². The third-order valence-electron chi connectivity index (χ3n) is 21.0. The monoisotopic (exact) mass is 1060 g/mol. The van der Waals surface area contributed by atoms with Crippen LogP contribution < -0.4 is 0 Å². The molecule has 74 heavy (non-hydrogen) atoms. The quantitative estimate of drug-likeness (QED) is 0.0755. The van der Waals surface area contributed by atoms with Crippen LogP contribution in [0.5, 0.6) is 0 Å². The number of rotatable bonds is 10. The minimum Gasteiger partial charge on any atom is -0.432 e. The highest BCUT2D eigenvalue weighted by atomic mass is 16.8. The van der Waals surface area contributed by atoms with E-state index < -0.39 is 153 Å². The maximum absolute atomic E-state index is 14.8. The summed E-state index contributed by atoms with van der Waals surface area (Å²) in [6, 6.07) is 0. The average molecular weight is 1060 g/mol. The summed E-state index contributed by atoms with van der Waals surface area (Å²) < 4.78 is 48.6. The molecule has 4 heterocycles. The molecule has 0 bridgehead atoms. The average Bonchev–Trinajstić information content (AvgIpc) is 3.35. The van der Waals surface area contributed by atoms with Gasteiger partial charge in [0.1, 0.15) is 85.5 Å². The molecule has 0 unspecified atom stereocenters. The topological polar surface area (TPSA) is 334 Å². The van der Waals surface area contributed by atoms with E-state index in [1.54, 1.807) is 0 Å². The molecule has 9 aliphatic rings. The molecule has 5 aliphatic carbocycles. The number of esters is 1. The second kappa shape index (κ2) is 20.5. The first-order chi connectivity index (χ1) is 34.6. The van der Waals surface area contributed by atoms with E-state index in [9.17, 15) is 66.1 Å². The maximum atomic E-state index is 14.8. The van der Waals surface area contributed by atoms with Gasteiger partial charge in [-0.2, -0.15) is 0 Å². The van der Waals surface area contributed by atoms with Crippen molar-refractivity contribution in [2.75, 3.05) is 19.8 Å². The summed E-state index contributed by atoms with van der Waals surface area (Å²) >= 11 is 0. The highest BCUT2D eigenvalue weighted by molar-refractivity contribution is 5.79. The fourth-order valence-corrected chi connectivity index (χ4v) is 16.1. The van der Waals surface area contributed by atoms with E-state index in [4.69, 9.17) is 37.9 Å². The second-order valence-corrected chi connectivity index (χ2v) is 25.8. The number of aliphatic hydroxyl groups excluding tert-OH is 12. The summed E-state index contributed by atoms with van der Waals surface area (Å²) in [6.45, 7) is 15.9. The molecule has 9 rings (SSSR count). The van der Waals surface area contributed by atoms with E-state index >= 15 is 0 Å². The lowest BCUT2D eigenvalue weighted by Gasteiger charge is -2.71. The number of carbonyl (C=O) groups is 1. The molecule has 4 saturated heterocycles. The van der Waals surface area contributed by atoms with Gasteiger partial charge in [-0.1, -0.05) is 60.1 Å². The first-order valence-corrected chi connectivity index (χ1v) is 27.1. The summed E-state index contributed by atoms with van der Waals surface area (Å²) in [5.41, 5.74) is -0.843. The zero-order valence-corrected chi connectivity index (χ0v) is 44.1. The highest BCUT2D eigenvalue weighted by Gasteiger charge is 2.70. The van der Waals surface area contributed by atoms with Crippen molar-refractivity contribution in [1.29, 1.82) is 0 Å². The van der Waals surface area contributed by atoms with Crippen molar-refractivity contribution < 1.29 is 104 Å². The van der Waals surface area contributed by atoms with Crippen LogP contribution in [0, 0.1) is 50.2 Å². The second-order valence-electron chi connectivity index (χ2n) is 25.8. The highest BCUT2D eigenvalue weighted by Crippen LogP contribution is 2.76. The predicted octanol–water partition coefficient (Wildman–Crippen LogP) is -0.369. The van der Waals surface area contributed by atoms with Crippen LogP contribution in [0.4, 0.5) is 0 Å². The minimum atomic E-state index is -1.78. The van der Waals surface area contributed by atoms with Crippen LogP contribution in [-0.2, 0) is 42.7 Å². The molecule has 21 nitrogen and oxygen atoms in total. The molecule has 0 amide bonds. The Morgan fingerprint density at radius 1 is 0.608 bits per heavy atom. The number of ether oxygens (including phenoxy) is 8. The lowest BCUT2D eigenvalue weighted by atomic mass is 9.33. The van der Waals surface area contributed by atoms with Crippen LogP contribution in [0.15, 0.2) is 11.6 Å². The molecule has 424 valence electrons. The summed E-state index contributed by atoms with van der Waals surface area (Å²) in [7, 11) is 0. The Kier molecular flexibility index (Phi) is 15.8. The van der Waals surface area contributed by atoms with Crippen LogP contribution in [0.3, 0.4) is 0 Å². The largest absolute Gasteiger partial charge is 0.432 e. The Balaban J connectivity index is 0.953. The van der Waals surface area contributed by atoms with Crippen LogP contribution in [0.25, 0.3) is 0 Å². The summed E-state index contributed by atoms with van der Waals surface area (Å²) in [4.78, 5) is 14.8. The molecule has 4 saturated carbocycles. The van der Waals surface area contributed by atoms with Crippen LogP contribution in [0.2, 0.25) is 0 Å². The third kappa shape index (κ3) is 9.17. The van der Waals surface area contributed by atoms with Gasteiger partial charge < -0.3 is 99.2 Å². The number of hydrogen-bond donors (Lipinski definition) is 12. The van der Waals surface area contributed by atoms with Gasteiger partial charge in [0.25, 0.3) is 0 Å². The van der Waals surface area contributed by atoms with Gasteiger partial charge in [0.2, 0.25) is 6.29 Å².